The van der Waals surface area contributed by atoms with Crippen molar-refractivity contribution in [3.05, 3.63) is 57.8 Å². The minimum Gasteiger partial charge on any atom is -0.492 e. The Kier molecular flexibility index (Phi) is 3.30. The second kappa shape index (κ2) is 5.12. The first-order valence-electron chi connectivity index (χ1n) is 6.95. The monoisotopic (exact) mass is 270 g/mol. The zero-order valence-electron chi connectivity index (χ0n) is 11.7. The van der Waals surface area contributed by atoms with Crippen LogP contribution in [0.4, 0.5) is 0 Å². The number of aromatic nitrogens is 2. The van der Waals surface area contributed by atoms with E-state index in [1.807, 2.05) is 24.3 Å². The molecule has 1 aromatic carbocycles. The van der Waals surface area contributed by atoms with Crippen LogP contribution in [-0.2, 0) is 6.42 Å². The van der Waals surface area contributed by atoms with Gasteiger partial charge in [-0.05, 0) is 18.4 Å². The summed E-state index contributed by atoms with van der Waals surface area (Å²) in [6.07, 6.45) is 0.812. The Morgan fingerprint density at radius 3 is 3.00 bits per heavy atom. The van der Waals surface area contributed by atoms with Crippen LogP contribution in [0.1, 0.15) is 36.8 Å². The average Bonchev–Trinajstić information content (AvgIpc) is 2.80. The third kappa shape index (κ3) is 2.46. The quantitative estimate of drug-likeness (QED) is 0.932. The highest BCUT2D eigenvalue weighted by molar-refractivity contribution is 5.42. The molecule has 0 fully saturated rings. The van der Waals surface area contributed by atoms with Crippen molar-refractivity contribution in [2.75, 3.05) is 6.61 Å². The van der Waals surface area contributed by atoms with Gasteiger partial charge in [0.05, 0.1) is 5.92 Å². The van der Waals surface area contributed by atoms with E-state index in [0.717, 1.165) is 23.4 Å². The molecule has 0 radical (unpaired) electrons. The molecule has 1 unspecified atom stereocenters. The highest BCUT2D eigenvalue weighted by atomic mass is 16.5. The minimum absolute atomic E-state index is 0.0195. The van der Waals surface area contributed by atoms with E-state index in [2.05, 4.69) is 23.8 Å². The molecular formula is C16H18N2O2. The summed E-state index contributed by atoms with van der Waals surface area (Å²) in [5.41, 5.74) is 1.86. The lowest BCUT2D eigenvalue weighted by Crippen LogP contribution is -2.18. The number of hydrogen-bond acceptors (Lipinski definition) is 3. The highest BCUT2D eigenvalue weighted by Gasteiger charge is 2.27. The van der Waals surface area contributed by atoms with Crippen LogP contribution in [0.2, 0.25) is 0 Å². The smallest absolute Gasteiger partial charge is 0.251 e. The van der Waals surface area contributed by atoms with Gasteiger partial charge in [0.1, 0.15) is 18.2 Å². The molecule has 0 spiro atoms. The fraction of sp³-hybridized carbons (Fsp3) is 0.375. The van der Waals surface area contributed by atoms with Gasteiger partial charge in [-0.15, -0.1) is 0 Å². The van der Waals surface area contributed by atoms with E-state index < -0.39 is 0 Å². The van der Waals surface area contributed by atoms with Crippen LogP contribution in [0, 0.1) is 5.92 Å². The van der Waals surface area contributed by atoms with Gasteiger partial charge in [-0.1, -0.05) is 32.0 Å². The minimum atomic E-state index is -0.0879. The van der Waals surface area contributed by atoms with Gasteiger partial charge in [-0.2, -0.15) is 0 Å². The zero-order valence-corrected chi connectivity index (χ0v) is 11.7. The Hall–Kier alpha value is -2.10. The Bertz CT molecular complexity index is 676. The maximum absolute atomic E-state index is 11.8. The van der Waals surface area contributed by atoms with Crippen molar-refractivity contribution < 1.29 is 4.74 Å². The van der Waals surface area contributed by atoms with Crippen molar-refractivity contribution in [1.82, 2.24) is 9.97 Å². The first-order chi connectivity index (χ1) is 9.63. The van der Waals surface area contributed by atoms with Crippen LogP contribution in [-0.4, -0.2) is 16.6 Å². The second-order valence-electron chi connectivity index (χ2n) is 5.62. The predicted molar refractivity (Wildman–Crippen MR) is 77.2 cm³/mol. The van der Waals surface area contributed by atoms with E-state index >= 15 is 0 Å². The highest BCUT2D eigenvalue weighted by Crippen LogP contribution is 2.36. The van der Waals surface area contributed by atoms with Gasteiger partial charge in [-0.25, -0.2) is 4.98 Å². The largest absolute Gasteiger partial charge is 0.492 e. The molecular weight excluding hydrogens is 252 g/mol. The number of para-hydroxylation sites is 1. The molecule has 2 heterocycles. The van der Waals surface area contributed by atoms with Gasteiger partial charge < -0.3 is 9.72 Å². The standard InChI is InChI=1S/C16H18N2O2/c1-10(2)7-11-8-15(19)18-16(17-11)13-9-20-14-6-4-3-5-12(13)14/h3-6,8,10,13H,7,9H2,1-2H3,(H,17,18,19). The molecule has 0 amide bonds. The van der Waals surface area contributed by atoms with Crippen LogP contribution < -0.4 is 10.3 Å². The maximum Gasteiger partial charge on any atom is 0.251 e. The first kappa shape index (κ1) is 12.9. The summed E-state index contributed by atoms with van der Waals surface area (Å²) < 4.78 is 5.66. The fourth-order valence-electron chi connectivity index (χ4n) is 2.61. The molecule has 0 bridgehead atoms. The molecule has 20 heavy (non-hydrogen) atoms. The lowest BCUT2D eigenvalue weighted by atomic mass is 10.00. The molecule has 0 saturated heterocycles. The number of rotatable bonds is 3. The lowest BCUT2D eigenvalue weighted by Gasteiger charge is -2.10. The van der Waals surface area contributed by atoms with E-state index in [1.165, 1.54) is 0 Å². The van der Waals surface area contributed by atoms with Crippen molar-refractivity contribution >= 4 is 0 Å². The number of nitrogens with one attached hydrogen (secondary N) is 1. The summed E-state index contributed by atoms with van der Waals surface area (Å²) in [5.74, 6) is 2.09. The fourth-order valence-corrected chi connectivity index (χ4v) is 2.61. The summed E-state index contributed by atoms with van der Waals surface area (Å²) in [4.78, 5) is 19.3. The van der Waals surface area contributed by atoms with Gasteiger partial charge in [-0.3, -0.25) is 4.79 Å². The first-order valence-corrected chi connectivity index (χ1v) is 6.95. The summed E-state index contributed by atoms with van der Waals surface area (Å²) in [5, 5.41) is 0. The zero-order chi connectivity index (χ0) is 14.1. The van der Waals surface area contributed by atoms with E-state index in [9.17, 15) is 4.79 Å². The number of fused-ring (bicyclic) bond motifs is 1. The summed E-state index contributed by atoms with van der Waals surface area (Å²) >= 11 is 0. The normalized spacial score (nSPS) is 17.1. The van der Waals surface area contributed by atoms with Crippen molar-refractivity contribution in [1.29, 1.82) is 0 Å². The molecule has 0 aliphatic carbocycles. The van der Waals surface area contributed by atoms with Crippen LogP contribution in [0.3, 0.4) is 0 Å². The molecule has 1 N–H and O–H groups in total. The number of aromatic amines is 1. The maximum atomic E-state index is 11.8. The molecule has 1 atom stereocenters. The van der Waals surface area contributed by atoms with Gasteiger partial charge >= 0.3 is 0 Å². The second-order valence-corrected chi connectivity index (χ2v) is 5.62. The van der Waals surface area contributed by atoms with Gasteiger partial charge in [0.2, 0.25) is 0 Å². The molecule has 1 aliphatic rings. The van der Waals surface area contributed by atoms with Crippen LogP contribution in [0.25, 0.3) is 0 Å². The number of benzene rings is 1. The Morgan fingerprint density at radius 2 is 2.20 bits per heavy atom. The number of ether oxygens (including phenoxy) is 1. The van der Waals surface area contributed by atoms with Gasteiger partial charge in [0, 0.05) is 17.3 Å². The van der Waals surface area contributed by atoms with E-state index in [4.69, 9.17) is 4.74 Å². The summed E-state index contributed by atoms with van der Waals surface area (Å²) in [6, 6.07) is 9.50. The lowest BCUT2D eigenvalue weighted by molar-refractivity contribution is 0.339. The van der Waals surface area contributed by atoms with Crippen molar-refractivity contribution in [2.24, 2.45) is 5.92 Å². The molecule has 3 rings (SSSR count). The number of hydrogen-bond donors (Lipinski definition) is 1. The molecule has 104 valence electrons. The number of nitrogens with zero attached hydrogens (tertiary/aromatic N) is 1. The van der Waals surface area contributed by atoms with E-state index in [-0.39, 0.29) is 11.5 Å². The molecule has 1 aromatic heterocycles. The van der Waals surface area contributed by atoms with Gasteiger partial charge in [0.15, 0.2) is 0 Å². The van der Waals surface area contributed by atoms with Crippen LogP contribution in [0.15, 0.2) is 35.1 Å². The molecule has 4 nitrogen and oxygen atoms in total. The molecule has 1 aliphatic heterocycles. The van der Waals surface area contributed by atoms with Crippen molar-refractivity contribution in [2.45, 2.75) is 26.2 Å². The van der Waals surface area contributed by atoms with Crippen LogP contribution >= 0.6 is 0 Å². The number of H-pyrrole nitrogens is 1. The van der Waals surface area contributed by atoms with Crippen LogP contribution in [0.5, 0.6) is 5.75 Å². The third-order valence-electron chi connectivity index (χ3n) is 3.46. The van der Waals surface area contributed by atoms with E-state index in [1.54, 1.807) is 6.07 Å². The third-order valence-corrected chi connectivity index (χ3v) is 3.46. The van der Waals surface area contributed by atoms with Crippen molar-refractivity contribution in [3.63, 3.8) is 0 Å². The van der Waals surface area contributed by atoms with Gasteiger partial charge in [0.25, 0.3) is 5.56 Å². The summed E-state index contributed by atoms with van der Waals surface area (Å²) in [6.45, 7) is 4.78. The topological polar surface area (TPSA) is 55.0 Å². The SMILES string of the molecule is CC(C)Cc1cc(=O)[nH]c(C2COc3ccccc32)n1. The molecule has 2 aromatic rings. The Labute approximate surface area is 117 Å². The average molecular weight is 270 g/mol. The molecule has 4 heteroatoms. The van der Waals surface area contributed by atoms with Crippen molar-refractivity contribution in [3.8, 4) is 5.75 Å². The predicted octanol–water partition coefficient (Wildman–Crippen LogP) is 2.49. The molecule has 0 saturated carbocycles. The Balaban J connectivity index is 1.99. The summed E-state index contributed by atoms with van der Waals surface area (Å²) in [7, 11) is 0. The van der Waals surface area contributed by atoms with E-state index in [0.29, 0.717) is 18.3 Å². The Morgan fingerprint density at radius 1 is 1.40 bits per heavy atom.